The van der Waals surface area contributed by atoms with Gasteiger partial charge in [-0.2, -0.15) is 0 Å². The minimum Gasteiger partial charge on any atom is -0.497 e. The maximum atomic E-state index is 5.19. The van der Waals surface area contributed by atoms with E-state index >= 15 is 0 Å². The number of methoxy groups -OCH3 is 1. The van der Waals surface area contributed by atoms with Crippen LogP contribution in [0.1, 0.15) is 19.4 Å². The molecule has 0 atom stereocenters. The zero-order valence-corrected chi connectivity index (χ0v) is 13.3. The minimum absolute atomic E-state index is 0.506. The Morgan fingerprint density at radius 3 is 1.95 bits per heavy atom. The third-order valence-electron chi connectivity index (χ3n) is 3.50. The lowest BCUT2D eigenvalue weighted by molar-refractivity contribution is 0.415. The Kier molecular flexibility index (Phi) is 5.23. The van der Waals surface area contributed by atoms with E-state index < -0.39 is 0 Å². The summed E-state index contributed by atoms with van der Waals surface area (Å²) in [6.45, 7) is 5.22. The van der Waals surface area contributed by atoms with Crippen molar-refractivity contribution in [3.05, 3.63) is 54.1 Å². The molecule has 0 aliphatic heterocycles. The van der Waals surface area contributed by atoms with E-state index in [4.69, 9.17) is 4.74 Å². The second-order valence-electron chi connectivity index (χ2n) is 5.46. The van der Waals surface area contributed by atoms with Crippen LogP contribution in [-0.4, -0.2) is 20.2 Å². The van der Waals surface area contributed by atoms with Crippen LogP contribution < -0.4 is 15.0 Å². The summed E-state index contributed by atoms with van der Waals surface area (Å²) in [4.78, 5) is 2.17. The van der Waals surface area contributed by atoms with Crippen LogP contribution in [0.2, 0.25) is 0 Å². The van der Waals surface area contributed by atoms with Gasteiger partial charge in [-0.25, -0.2) is 0 Å². The molecule has 0 spiro atoms. The van der Waals surface area contributed by atoms with Gasteiger partial charge in [-0.3, -0.25) is 0 Å². The Labute approximate surface area is 127 Å². The van der Waals surface area contributed by atoms with E-state index in [-0.39, 0.29) is 0 Å². The molecule has 0 unspecified atom stereocenters. The van der Waals surface area contributed by atoms with Crippen molar-refractivity contribution in [1.29, 1.82) is 0 Å². The van der Waals surface area contributed by atoms with E-state index in [1.54, 1.807) is 7.11 Å². The van der Waals surface area contributed by atoms with Gasteiger partial charge in [-0.15, -0.1) is 0 Å². The normalized spacial score (nSPS) is 10.7. The van der Waals surface area contributed by atoms with Gasteiger partial charge in [-0.05, 0) is 42.0 Å². The number of nitrogens with one attached hydrogen (secondary N) is 1. The van der Waals surface area contributed by atoms with Gasteiger partial charge in [0.1, 0.15) is 5.75 Å². The van der Waals surface area contributed by atoms with E-state index in [0.29, 0.717) is 6.04 Å². The first-order valence-electron chi connectivity index (χ1n) is 7.30. The highest BCUT2D eigenvalue weighted by molar-refractivity contribution is 5.63. The van der Waals surface area contributed by atoms with Gasteiger partial charge in [0, 0.05) is 31.0 Å². The summed E-state index contributed by atoms with van der Waals surface area (Å²) < 4.78 is 5.19. The van der Waals surface area contributed by atoms with Gasteiger partial charge in [0.2, 0.25) is 0 Å². The van der Waals surface area contributed by atoms with Crippen LogP contribution in [0.4, 0.5) is 11.4 Å². The summed E-state index contributed by atoms with van der Waals surface area (Å²) in [6.07, 6.45) is 0. The fourth-order valence-corrected chi connectivity index (χ4v) is 2.11. The van der Waals surface area contributed by atoms with Crippen molar-refractivity contribution in [1.82, 2.24) is 5.32 Å². The van der Waals surface area contributed by atoms with Crippen molar-refractivity contribution in [2.75, 3.05) is 19.1 Å². The first-order chi connectivity index (χ1) is 10.1. The molecule has 0 amide bonds. The van der Waals surface area contributed by atoms with Gasteiger partial charge in [0.25, 0.3) is 0 Å². The average molecular weight is 284 g/mol. The lowest BCUT2D eigenvalue weighted by Gasteiger charge is -2.20. The molecule has 1 N–H and O–H groups in total. The topological polar surface area (TPSA) is 24.5 Å². The van der Waals surface area contributed by atoms with Crippen molar-refractivity contribution in [3.63, 3.8) is 0 Å². The van der Waals surface area contributed by atoms with Crippen molar-refractivity contribution in [2.45, 2.75) is 26.4 Å². The van der Waals surface area contributed by atoms with E-state index in [0.717, 1.165) is 18.0 Å². The summed E-state index contributed by atoms with van der Waals surface area (Å²) in [6, 6.07) is 17.2. The van der Waals surface area contributed by atoms with Gasteiger partial charge in [0.15, 0.2) is 0 Å². The Balaban J connectivity index is 2.06. The predicted octanol–water partition coefficient (Wildman–Crippen LogP) is 3.96. The molecule has 0 saturated heterocycles. The largest absolute Gasteiger partial charge is 0.497 e. The first kappa shape index (κ1) is 15.4. The molecule has 0 fully saturated rings. The monoisotopic (exact) mass is 284 g/mol. The summed E-state index contributed by atoms with van der Waals surface area (Å²) >= 11 is 0. The fraction of sp³-hybridized carbons (Fsp3) is 0.333. The smallest absolute Gasteiger partial charge is 0.119 e. The molecule has 3 heteroatoms. The third-order valence-corrected chi connectivity index (χ3v) is 3.50. The molecule has 0 radical (unpaired) electrons. The molecular formula is C18H24N2O. The molecule has 0 aromatic heterocycles. The number of nitrogens with zero attached hydrogens (tertiary/aromatic N) is 1. The lowest BCUT2D eigenvalue weighted by atomic mass is 10.1. The first-order valence-corrected chi connectivity index (χ1v) is 7.30. The molecule has 2 aromatic rings. The Hall–Kier alpha value is -2.00. The maximum Gasteiger partial charge on any atom is 0.119 e. The molecule has 3 nitrogen and oxygen atoms in total. The summed E-state index contributed by atoms with van der Waals surface area (Å²) in [7, 11) is 3.76. The minimum atomic E-state index is 0.506. The van der Waals surface area contributed by atoms with Crippen LogP contribution in [0.25, 0.3) is 0 Å². The van der Waals surface area contributed by atoms with Crippen LogP contribution in [0.5, 0.6) is 5.75 Å². The maximum absolute atomic E-state index is 5.19. The van der Waals surface area contributed by atoms with Crippen LogP contribution in [0.15, 0.2) is 48.5 Å². The number of rotatable bonds is 6. The van der Waals surface area contributed by atoms with Crippen molar-refractivity contribution < 1.29 is 4.74 Å². The predicted molar refractivity (Wildman–Crippen MR) is 89.5 cm³/mol. The van der Waals surface area contributed by atoms with Gasteiger partial charge < -0.3 is 15.0 Å². The van der Waals surface area contributed by atoms with Gasteiger partial charge >= 0.3 is 0 Å². The zero-order chi connectivity index (χ0) is 15.2. The van der Waals surface area contributed by atoms with E-state index in [9.17, 15) is 0 Å². The second-order valence-corrected chi connectivity index (χ2v) is 5.46. The lowest BCUT2D eigenvalue weighted by Crippen LogP contribution is -2.21. The van der Waals surface area contributed by atoms with Gasteiger partial charge in [0.05, 0.1) is 7.11 Å². The molecule has 2 aromatic carbocycles. The fourth-order valence-electron chi connectivity index (χ4n) is 2.11. The van der Waals surface area contributed by atoms with Crippen LogP contribution in [0.3, 0.4) is 0 Å². The molecule has 112 valence electrons. The molecule has 2 rings (SSSR count). The summed E-state index contributed by atoms with van der Waals surface area (Å²) in [5.41, 5.74) is 3.62. The average Bonchev–Trinajstić information content (AvgIpc) is 2.53. The zero-order valence-electron chi connectivity index (χ0n) is 13.3. The van der Waals surface area contributed by atoms with E-state index in [1.807, 2.05) is 12.1 Å². The molecule has 0 heterocycles. The SMILES string of the molecule is COc1ccc(N(C)c2ccc(CNC(C)C)cc2)cc1. The number of ether oxygens (including phenoxy) is 1. The number of anilines is 2. The van der Waals surface area contributed by atoms with Crippen LogP contribution in [0, 0.1) is 0 Å². The Bertz CT molecular complexity index is 546. The quantitative estimate of drug-likeness (QED) is 0.869. The second kappa shape index (κ2) is 7.14. The van der Waals surface area contributed by atoms with Crippen LogP contribution >= 0.6 is 0 Å². The van der Waals surface area contributed by atoms with Crippen molar-refractivity contribution in [2.24, 2.45) is 0 Å². The number of benzene rings is 2. The molecule has 0 bridgehead atoms. The van der Waals surface area contributed by atoms with E-state index in [1.165, 1.54) is 11.3 Å². The molecule has 21 heavy (non-hydrogen) atoms. The molecular weight excluding hydrogens is 260 g/mol. The molecule has 0 aliphatic rings. The Morgan fingerprint density at radius 2 is 1.48 bits per heavy atom. The number of hydrogen-bond donors (Lipinski definition) is 1. The summed E-state index contributed by atoms with van der Waals surface area (Å²) in [5.74, 6) is 0.877. The standard InChI is InChI=1S/C18H24N2O/c1-14(2)19-13-15-5-7-16(8-6-15)20(3)17-9-11-18(21-4)12-10-17/h5-12,14,19H,13H2,1-4H3. The highest BCUT2D eigenvalue weighted by Crippen LogP contribution is 2.25. The Morgan fingerprint density at radius 1 is 0.952 bits per heavy atom. The third kappa shape index (κ3) is 4.23. The van der Waals surface area contributed by atoms with Crippen molar-refractivity contribution >= 4 is 11.4 Å². The van der Waals surface area contributed by atoms with Crippen molar-refractivity contribution in [3.8, 4) is 5.75 Å². The number of hydrogen-bond acceptors (Lipinski definition) is 3. The molecule has 0 saturated carbocycles. The molecule has 0 aliphatic carbocycles. The highest BCUT2D eigenvalue weighted by atomic mass is 16.5. The van der Waals surface area contributed by atoms with E-state index in [2.05, 4.69) is 67.5 Å². The summed E-state index contributed by atoms with van der Waals surface area (Å²) in [5, 5.41) is 3.43. The highest BCUT2D eigenvalue weighted by Gasteiger charge is 2.04. The van der Waals surface area contributed by atoms with Gasteiger partial charge in [-0.1, -0.05) is 26.0 Å². The van der Waals surface area contributed by atoms with Crippen LogP contribution in [-0.2, 0) is 6.54 Å².